The summed E-state index contributed by atoms with van der Waals surface area (Å²) in [6.45, 7) is 0.177. The van der Waals surface area contributed by atoms with Gasteiger partial charge < -0.3 is 14.7 Å². The fourth-order valence-corrected chi connectivity index (χ4v) is 1.82. The Morgan fingerprint density at radius 1 is 1.22 bits per heavy atom. The molecule has 94 valence electrons. The number of nitrogens with zero attached hydrogens (tertiary/aromatic N) is 1. The van der Waals surface area contributed by atoms with Gasteiger partial charge in [-0.1, -0.05) is 12.1 Å². The zero-order valence-corrected chi connectivity index (χ0v) is 9.57. The van der Waals surface area contributed by atoms with Crippen LogP contribution in [0.25, 0.3) is 0 Å². The summed E-state index contributed by atoms with van der Waals surface area (Å²) in [5.41, 5.74) is 0.691. The minimum absolute atomic E-state index is 0.177. The number of hydrogen-bond acceptors (Lipinski definition) is 5. The number of carbonyl (C=O) groups is 2. The van der Waals surface area contributed by atoms with E-state index in [1.165, 1.54) is 4.90 Å². The Labute approximate surface area is 104 Å². The summed E-state index contributed by atoms with van der Waals surface area (Å²) in [6, 6.07) is 6.49. The largest absolute Gasteiger partial charge is 0.707 e. The monoisotopic (exact) mass is 249 g/mol. The standard InChI is InChI=1S/C11H12BNO5/c14-10-4-5-11(15)13(10)7-8-2-1-3-9(6-8)18-12(16)17/h1-3,6,16-17H,4-5,7H2. The maximum Gasteiger partial charge on any atom is 0.707 e. The third-order valence-electron chi connectivity index (χ3n) is 2.64. The molecule has 2 rings (SSSR count). The molecule has 18 heavy (non-hydrogen) atoms. The fraction of sp³-hybridized carbons (Fsp3) is 0.273. The van der Waals surface area contributed by atoms with Gasteiger partial charge >= 0.3 is 7.32 Å². The van der Waals surface area contributed by atoms with Gasteiger partial charge in [0.05, 0.1) is 6.54 Å². The molecule has 7 heteroatoms. The topological polar surface area (TPSA) is 87.1 Å². The third kappa shape index (κ3) is 2.88. The number of benzene rings is 1. The van der Waals surface area contributed by atoms with Gasteiger partial charge in [-0.05, 0) is 17.7 Å². The number of imide groups is 1. The maximum atomic E-state index is 11.4. The molecule has 2 N–H and O–H groups in total. The van der Waals surface area contributed by atoms with Gasteiger partial charge in [-0.15, -0.1) is 0 Å². The maximum absolute atomic E-state index is 11.4. The molecule has 0 bridgehead atoms. The molecule has 0 unspecified atom stereocenters. The molecule has 0 saturated carbocycles. The van der Waals surface area contributed by atoms with Crippen LogP contribution in [0.5, 0.6) is 5.75 Å². The van der Waals surface area contributed by atoms with Crippen LogP contribution in [0.3, 0.4) is 0 Å². The van der Waals surface area contributed by atoms with Crippen molar-refractivity contribution in [2.75, 3.05) is 0 Å². The molecular weight excluding hydrogens is 237 g/mol. The molecular formula is C11H12BNO5. The first-order valence-electron chi connectivity index (χ1n) is 5.51. The van der Waals surface area contributed by atoms with E-state index in [1.54, 1.807) is 24.3 Å². The van der Waals surface area contributed by atoms with Crippen molar-refractivity contribution in [2.24, 2.45) is 0 Å². The van der Waals surface area contributed by atoms with Crippen LogP contribution in [0.1, 0.15) is 18.4 Å². The lowest BCUT2D eigenvalue weighted by Crippen LogP contribution is -2.28. The van der Waals surface area contributed by atoms with Crippen molar-refractivity contribution in [1.29, 1.82) is 0 Å². The van der Waals surface area contributed by atoms with Gasteiger partial charge in [-0.3, -0.25) is 14.5 Å². The average molecular weight is 249 g/mol. The molecule has 0 aromatic heterocycles. The number of likely N-dealkylation sites (tertiary alicyclic amines) is 1. The molecule has 2 amide bonds. The Morgan fingerprint density at radius 3 is 2.50 bits per heavy atom. The van der Waals surface area contributed by atoms with E-state index in [-0.39, 0.29) is 37.0 Å². The Morgan fingerprint density at radius 2 is 1.89 bits per heavy atom. The summed E-state index contributed by atoms with van der Waals surface area (Å²) < 4.78 is 4.70. The van der Waals surface area contributed by atoms with E-state index in [4.69, 9.17) is 14.7 Å². The minimum atomic E-state index is -1.89. The molecule has 1 heterocycles. The number of hydrogen-bond donors (Lipinski definition) is 2. The second kappa shape index (κ2) is 5.20. The molecule has 0 atom stereocenters. The summed E-state index contributed by atoms with van der Waals surface area (Å²) in [4.78, 5) is 24.1. The van der Waals surface area contributed by atoms with Crippen LogP contribution in [0.4, 0.5) is 0 Å². The quantitative estimate of drug-likeness (QED) is 0.564. The van der Waals surface area contributed by atoms with Crippen molar-refractivity contribution < 1.29 is 24.3 Å². The van der Waals surface area contributed by atoms with Gasteiger partial charge in [0.15, 0.2) is 0 Å². The molecule has 1 aromatic carbocycles. The summed E-state index contributed by atoms with van der Waals surface area (Å²) in [5, 5.41) is 17.4. The molecule has 1 saturated heterocycles. The molecule has 0 aliphatic carbocycles. The van der Waals surface area contributed by atoms with Crippen molar-refractivity contribution in [1.82, 2.24) is 4.90 Å². The Kier molecular flexibility index (Phi) is 3.64. The first-order valence-corrected chi connectivity index (χ1v) is 5.51. The van der Waals surface area contributed by atoms with Gasteiger partial charge in [-0.25, -0.2) is 0 Å². The zero-order chi connectivity index (χ0) is 13.1. The number of carbonyl (C=O) groups excluding carboxylic acids is 2. The smallest absolute Gasteiger partial charge is 0.512 e. The predicted octanol–water partition coefficient (Wildman–Crippen LogP) is -0.316. The van der Waals surface area contributed by atoms with Gasteiger partial charge in [0, 0.05) is 12.8 Å². The fourth-order valence-electron chi connectivity index (χ4n) is 1.82. The van der Waals surface area contributed by atoms with Crippen LogP contribution in [0.15, 0.2) is 24.3 Å². The molecule has 0 radical (unpaired) electrons. The van der Waals surface area contributed by atoms with E-state index in [0.29, 0.717) is 5.56 Å². The Balaban J connectivity index is 2.09. The van der Waals surface area contributed by atoms with Crippen LogP contribution in [-0.2, 0) is 16.1 Å². The van der Waals surface area contributed by atoms with Crippen molar-refractivity contribution in [3.63, 3.8) is 0 Å². The van der Waals surface area contributed by atoms with E-state index in [0.717, 1.165) is 0 Å². The van der Waals surface area contributed by atoms with E-state index >= 15 is 0 Å². The van der Waals surface area contributed by atoms with Crippen molar-refractivity contribution in [2.45, 2.75) is 19.4 Å². The van der Waals surface area contributed by atoms with E-state index in [1.807, 2.05) is 0 Å². The number of amides is 2. The highest BCUT2D eigenvalue weighted by molar-refractivity contribution is 6.33. The van der Waals surface area contributed by atoms with Gasteiger partial charge in [0.2, 0.25) is 11.8 Å². The minimum Gasteiger partial charge on any atom is -0.512 e. The van der Waals surface area contributed by atoms with Gasteiger partial charge in [0.1, 0.15) is 5.75 Å². The van der Waals surface area contributed by atoms with Crippen LogP contribution < -0.4 is 4.65 Å². The summed E-state index contributed by atoms with van der Waals surface area (Å²) in [5.74, 6) is -0.108. The summed E-state index contributed by atoms with van der Waals surface area (Å²) in [7, 11) is -1.89. The SMILES string of the molecule is O=C1CCC(=O)N1Cc1cccc(OB(O)O)c1. The van der Waals surface area contributed by atoms with Crippen LogP contribution >= 0.6 is 0 Å². The molecule has 0 spiro atoms. The average Bonchev–Trinajstić information content (AvgIpc) is 2.60. The molecule has 6 nitrogen and oxygen atoms in total. The van der Waals surface area contributed by atoms with E-state index in [2.05, 4.69) is 0 Å². The normalized spacial score (nSPS) is 15.1. The number of rotatable bonds is 4. The second-order valence-electron chi connectivity index (χ2n) is 3.97. The third-order valence-corrected chi connectivity index (χ3v) is 2.64. The van der Waals surface area contributed by atoms with Crippen molar-refractivity contribution in [3.8, 4) is 5.75 Å². The molecule has 1 aliphatic rings. The molecule has 1 fully saturated rings. The second-order valence-corrected chi connectivity index (χ2v) is 3.97. The highest BCUT2D eigenvalue weighted by Gasteiger charge is 2.28. The molecule has 1 aliphatic heterocycles. The highest BCUT2D eigenvalue weighted by atomic mass is 16.6. The van der Waals surface area contributed by atoms with Gasteiger partial charge in [0.25, 0.3) is 0 Å². The van der Waals surface area contributed by atoms with Crippen molar-refractivity contribution >= 4 is 19.1 Å². The Hall–Kier alpha value is -1.86. The highest BCUT2D eigenvalue weighted by Crippen LogP contribution is 2.19. The summed E-state index contributed by atoms with van der Waals surface area (Å²) >= 11 is 0. The Bertz CT molecular complexity index is 460. The first-order chi connectivity index (χ1) is 8.56. The van der Waals surface area contributed by atoms with Gasteiger partial charge in [-0.2, -0.15) is 0 Å². The molecule has 1 aromatic rings. The summed E-state index contributed by atoms with van der Waals surface area (Å²) in [6.07, 6.45) is 0.509. The van der Waals surface area contributed by atoms with Crippen LogP contribution in [-0.4, -0.2) is 34.1 Å². The lowest BCUT2D eigenvalue weighted by atomic mass is 10.2. The lowest BCUT2D eigenvalue weighted by Gasteiger charge is -2.14. The van der Waals surface area contributed by atoms with Crippen molar-refractivity contribution in [3.05, 3.63) is 29.8 Å². The predicted molar refractivity (Wildman–Crippen MR) is 62.1 cm³/mol. The van der Waals surface area contributed by atoms with E-state index < -0.39 is 7.32 Å². The van der Waals surface area contributed by atoms with E-state index in [9.17, 15) is 9.59 Å². The van der Waals surface area contributed by atoms with Crippen LogP contribution in [0.2, 0.25) is 0 Å². The van der Waals surface area contributed by atoms with Crippen LogP contribution in [0, 0.1) is 0 Å². The lowest BCUT2D eigenvalue weighted by molar-refractivity contribution is -0.139. The zero-order valence-electron chi connectivity index (χ0n) is 9.57. The first kappa shape index (κ1) is 12.6.